The molecule has 0 bridgehead atoms. The highest BCUT2D eigenvalue weighted by molar-refractivity contribution is 5.76. The highest BCUT2D eigenvalue weighted by Gasteiger charge is 2.20. The Morgan fingerprint density at radius 2 is 1.86 bits per heavy atom. The second kappa shape index (κ2) is 9.59. The zero-order chi connectivity index (χ0) is 15.6. The first kappa shape index (κ1) is 17.0. The molecular formula is C18H27NO3. The quantitative estimate of drug-likeness (QED) is 0.725. The Hall–Kier alpha value is -1.39. The van der Waals surface area contributed by atoms with Crippen LogP contribution in [-0.4, -0.2) is 36.4 Å². The van der Waals surface area contributed by atoms with E-state index in [1.165, 1.54) is 5.56 Å². The van der Waals surface area contributed by atoms with Gasteiger partial charge in [-0.3, -0.25) is 4.79 Å². The summed E-state index contributed by atoms with van der Waals surface area (Å²) in [7, 11) is 0. The fraction of sp³-hybridized carbons (Fsp3) is 0.611. The maximum Gasteiger partial charge on any atom is 0.220 e. The minimum absolute atomic E-state index is 0.105. The van der Waals surface area contributed by atoms with E-state index in [0.717, 1.165) is 38.5 Å². The van der Waals surface area contributed by atoms with Crippen LogP contribution in [0.25, 0.3) is 0 Å². The van der Waals surface area contributed by atoms with Gasteiger partial charge in [0.05, 0.1) is 12.7 Å². The first-order valence-corrected chi connectivity index (χ1v) is 8.33. The number of amides is 1. The molecule has 0 aromatic heterocycles. The molecule has 1 aliphatic rings. The zero-order valence-electron chi connectivity index (χ0n) is 13.2. The fourth-order valence-corrected chi connectivity index (χ4v) is 2.79. The number of carbonyl (C=O) groups is 1. The van der Waals surface area contributed by atoms with E-state index in [1.807, 2.05) is 18.2 Å². The van der Waals surface area contributed by atoms with Crippen LogP contribution in [0.3, 0.4) is 0 Å². The van der Waals surface area contributed by atoms with Gasteiger partial charge in [0.25, 0.3) is 0 Å². The first-order chi connectivity index (χ1) is 10.7. The van der Waals surface area contributed by atoms with Crippen LogP contribution in [0.5, 0.6) is 0 Å². The van der Waals surface area contributed by atoms with Gasteiger partial charge in [-0.25, -0.2) is 0 Å². The lowest BCUT2D eigenvalue weighted by Gasteiger charge is -2.26. The van der Waals surface area contributed by atoms with Gasteiger partial charge < -0.3 is 15.2 Å². The van der Waals surface area contributed by atoms with Gasteiger partial charge in [0.15, 0.2) is 0 Å². The van der Waals surface area contributed by atoms with Crippen LogP contribution in [0.1, 0.15) is 44.1 Å². The van der Waals surface area contributed by atoms with Crippen molar-refractivity contribution in [3.8, 4) is 0 Å². The SMILES string of the molecule is O=C(CCCOCCc1ccccc1)NC1CCC(O)CC1. The summed E-state index contributed by atoms with van der Waals surface area (Å²) in [6, 6.07) is 10.5. The Morgan fingerprint density at radius 1 is 1.14 bits per heavy atom. The topological polar surface area (TPSA) is 58.6 Å². The molecule has 0 heterocycles. The van der Waals surface area contributed by atoms with Crippen LogP contribution in [0.15, 0.2) is 30.3 Å². The summed E-state index contributed by atoms with van der Waals surface area (Å²) in [5.41, 5.74) is 1.28. The van der Waals surface area contributed by atoms with Gasteiger partial charge in [0.1, 0.15) is 0 Å². The number of nitrogens with one attached hydrogen (secondary N) is 1. The molecule has 0 radical (unpaired) electrons. The fourth-order valence-electron chi connectivity index (χ4n) is 2.79. The summed E-state index contributed by atoms with van der Waals surface area (Å²) in [4.78, 5) is 11.8. The molecule has 1 amide bonds. The van der Waals surface area contributed by atoms with Gasteiger partial charge in [0.2, 0.25) is 5.91 Å². The Kier molecular flexibility index (Phi) is 7.40. The number of aliphatic hydroxyl groups is 1. The van der Waals surface area contributed by atoms with Crippen LogP contribution in [0.4, 0.5) is 0 Å². The summed E-state index contributed by atoms with van der Waals surface area (Å²) in [6.07, 6.45) is 5.39. The highest BCUT2D eigenvalue weighted by atomic mass is 16.5. The normalized spacial score (nSPS) is 21.5. The van der Waals surface area contributed by atoms with Crippen molar-refractivity contribution in [2.24, 2.45) is 0 Å². The molecule has 0 atom stereocenters. The van der Waals surface area contributed by atoms with E-state index < -0.39 is 0 Å². The van der Waals surface area contributed by atoms with E-state index in [9.17, 15) is 9.90 Å². The maximum absolute atomic E-state index is 11.8. The van der Waals surface area contributed by atoms with E-state index in [4.69, 9.17) is 4.74 Å². The third kappa shape index (κ3) is 6.58. The number of carbonyl (C=O) groups excluding carboxylic acids is 1. The highest BCUT2D eigenvalue weighted by Crippen LogP contribution is 2.18. The van der Waals surface area contributed by atoms with Crippen LogP contribution in [-0.2, 0) is 16.0 Å². The van der Waals surface area contributed by atoms with Crippen LogP contribution >= 0.6 is 0 Å². The molecule has 1 aromatic carbocycles. The third-order valence-corrected chi connectivity index (χ3v) is 4.13. The van der Waals surface area contributed by atoms with Crippen molar-refractivity contribution in [3.63, 3.8) is 0 Å². The van der Waals surface area contributed by atoms with Crippen molar-refractivity contribution in [1.82, 2.24) is 5.32 Å². The molecule has 2 rings (SSSR count). The van der Waals surface area contributed by atoms with Crippen molar-refractivity contribution in [1.29, 1.82) is 0 Å². The van der Waals surface area contributed by atoms with E-state index in [1.54, 1.807) is 0 Å². The van der Waals surface area contributed by atoms with Crippen molar-refractivity contribution in [2.45, 2.75) is 57.1 Å². The summed E-state index contributed by atoms with van der Waals surface area (Å²) in [6.45, 7) is 1.33. The number of benzene rings is 1. The van der Waals surface area contributed by atoms with Crippen molar-refractivity contribution >= 4 is 5.91 Å². The number of rotatable bonds is 8. The minimum atomic E-state index is -0.175. The van der Waals surface area contributed by atoms with Crippen molar-refractivity contribution in [3.05, 3.63) is 35.9 Å². The smallest absolute Gasteiger partial charge is 0.220 e. The molecule has 0 aliphatic heterocycles. The Labute approximate surface area is 132 Å². The molecule has 1 fully saturated rings. The van der Waals surface area contributed by atoms with E-state index >= 15 is 0 Å². The Morgan fingerprint density at radius 3 is 2.59 bits per heavy atom. The van der Waals surface area contributed by atoms with Crippen LogP contribution in [0, 0.1) is 0 Å². The minimum Gasteiger partial charge on any atom is -0.393 e. The third-order valence-electron chi connectivity index (χ3n) is 4.13. The molecule has 4 nitrogen and oxygen atoms in total. The van der Waals surface area contributed by atoms with Gasteiger partial charge in [-0.2, -0.15) is 0 Å². The molecule has 22 heavy (non-hydrogen) atoms. The van der Waals surface area contributed by atoms with Gasteiger partial charge in [-0.05, 0) is 44.1 Å². The monoisotopic (exact) mass is 305 g/mol. The standard InChI is InChI=1S/C18H27NO3/c20-17-10-8-16(9-11-17)19-18(21)7-4-13-22-14-12-15-5-2-1-3-6-15/h1-3,5-6,16-17,20H,4,7-14H2,(H,19,21). The first-order valence-electron chi connectivity index (χ1n) is 8.33. The van der Waals surface area contributed by atoms with Gasteiger partial charge in [-0.1, -0.05) is 30.3 Å². The van der Waals surface area contributed by atoms with Gasteiger partial charge in [-0.15, -0.1) is 0 Å². The van der Waals surface area contributed by atoms with Crippen molar-refractivity contribution < 1.29 is 14.6 Å². The largest absolute Gasteiger partial charge is 0.393 e. The number of ether oxygens (including phenoxy) is 1. The van der Waals surface area contributed by atoms with E-state index in [-0.39, 0.29) is 18.1 Å². The maximum atomic E-state index is 11.8. The van der Waals surface area contributed by atoms with Crippen molar-refractivity contribution in [2.75, 3.05) is 13.2 Å². The lowest BCUT2D eigenvalue weighted by atomic mass is 9.93. The average Bonchev–Trinajstić information content (AvgIpc) is 2.54. The molecule has 0 unspecified atom stereocenters. The molecule has 1 aromatic rings. The Bertz CT molecular complexity index is 427. The number of hydrogen-bond acceptors (Lipinski definition) is 3. The molecule has 1 saturated carbocycles. The lowest BCUT2D eigenvalue weighted by molar-refractivity contribution is -0.122. The Balaban J connectivity index is 1.47. The summed E-state index contributed by atoms with van der Waals surface area (Å²) >= 11 is 0. The number of hydrogen-bond donors (Lipinski definition) is 2. The molecule has 2 N–H and O–H groups in total. The predicted octanol–water partition coefficient (Wildman–Crippen LogP) is 2.45. The molecule has 0 spiro atoms. The number of aliphatic hydroxyl groups excluding tert-OH is 1. The van der Waals surface area contributed by atoms with Crippen LogP contribution < -0.4 is 5.32 Å². The van der Waals surface area contributed by atoms with E-state index in [2.05, 4.69) is 17.4 Å². The van der Waals surface area contributed by atoms with Gasteiger partial charge >= 0.3 is 0 Å². The second-order valence-electron chi connectivity index (χ2n) is 6.02. The zero-order valence-corrected chi connectivity index (χ0v) is 13.2. The summed E-state index contributed by atoms with van der Waals surface area (Å²) in [5.74, 6) is 0.105. The predicted molar refractivity (Wildman–Crippen MR) is 86.6 cm³/mol. The molecule has 0 saturated heterocycles. The molecule has 122 valence electrons. The van der Waals surface area contributed by atoms with E-state index in [0.29, 0.717) is 19.6 Å². The molecular weight excluding hydrogens is 278 g/mol. The molecule has 4 heteroatoms. The molecule has 1 aliphatic carbocycles. The summed E-state index contributed by atoms with van der Waals surface area (Å²) in [5, 5.41) is 12.5. The van der Waals surface area contributed by atoms with Crippen LogP contribution in [0.2, 0.25) is 0 Å². The lowest BCUT2D eigenvalue weighted by Crippen LogP contribution is -2.38. The summed E-state index contributed by atoms with van der Waals surface area (Å²) < 4.78 is 5.58. The second-order valence-corrected chi connectivity index (χ2v) is 6.02. The average molecular weight is 305 g/mol. The van der Waals surface area contributed by atoms with Gasteiger partial charge in [0, 0.05) is 19.1 Å².